The molecule has 0 amide bonds. The Morgan fingerprint density at radius 1 is 1.21 bits per heavy atom. The van der Waals surface area contributed by atoms with Gasteiger partial charge in [-0.2, -0.15) is 0 Å². The molecule has 14 heavy (non-hydrogen) atoms. The maximum absolute atomic E-state index is 10.5. The van der Waals surface area contributed by atoms with Crippen LogP contribution in [0.25, 0.3) is 0 Å². The lowest BCUT2D eigenvalue weighted by atomic mass is 9.93. The van der Waals surface area contributed by atoms with Gasteiger partial charge in [-0.25, -0.2) is 0 Å². The number of carbonyl (C=O) groups excluding carboxylic acids is 1. The SMILES string of the molecule is C/C=C/C[C@H](CC=O)c1ccccc1. The molecule has 0 aliphatic rings. The number of rotatable bonds is 5. The van der Waals surface area contributed by atoms with Gasteiger partial charge in [-0.1, -0.05) is 42.5 Å². The lowest BCUT2D eigenvalue weighted by Gasteiger charge is -2.11. The molecular weight excluding hydrogens is 172 g/mol. The molecule has 0 aliphatic carbocycles. The molecule has 1 nitrogen and oxygen atoms in total. The minimum atomic E-state index is 0.338. The molecule has 0 fully saturated rings. The predicted molar refractivity (Wildman–Crippen MR) is 59.3 cm³/mol. The highest BCUT2D eigenvalue weighted by molar-refractivity contribution is 5.51. The van der Waals surface area contributed by atoms with Crippen LogP contribution in [-0.4, -0.2) is 6.29 Å². The van der Waals surface area contributed by atoms with Crippen molar-refractivity contribution in [3.63, 3.8) is 0 Å². The molecule has 1 atom stereocenters. The number of hydrogen-bond acceptors (Lipinski definition) is 1. The van der Waals surface area contributed by atoms with E-state index in [1.54, 1.807) is 0 Å². The summed E-state index contributed by atoms with van der Waals surface area (Å²) in [6.45, 7) is 2.00. The van der Waals surface area contributed by atoms with Crippen LogP contribution in [0.3, 0.4) is 0 Å². The maximum Gasteiger partial charge on any atom is 0.120 e. The first-order valence-electron chi connectivity index (χ1n) is 4.98. The molecule has 0 unspecified atom stereocenters. The van der Waals surface area contributed by atoms with Crippen LogP contribution in [0, 0.1) is 0 Å². The zero-order chi connectivity index (χ0) is 10.2. The Morgan fingerprint density at radius 2 is 1.93 bits per heavy atom. The van der Waals surface area contributed by atoms with Crippen molar-refractivity contribution < 1.29 is 4.79 Å². The lowest BCUT2D eigenvalue weighted by molar-refractivity contribution is -0.108. The summed E-state index contributed by atoms with van der Waals surface area (Å²) < 4.78 is 0. The van der Waals surface area contributed by atoms with E-state index < -0.39 is 0 Å². The van der Waals surface area contributed by atoms with E-state index >= 15 is 0 Å². The summed E-state index contributed by atoms with van der Waals surface area (Å²) in [5.41, 5.74) is 1.25. The van der Waals surface area contributed by atoms with E-state index in [0.717, 1.165) is 12.7 Å². The average molecular weight is 188 g/mol. The molecule has 0 aromatic heterocycles. The minimum Gasteiger partial charge on any atom is -0.303 e. The van der Waals surface area contributed by atoms with Crippen LogP contribution in [-0.2, 0) is 4.79 Å². The van der Waals surface area contributed by atoms with Crippen molar-refractivity contribution in [3.05, 3.63) is 48.0 Å². The van der Waals surface area contributed by atoms with Crippen LogP contribution in [0.4, 0.5) is 0 Å². The van der Waals surface area contributed by atoms with E-state index in [0.29, 0.717) is 12.3 Å². The molecule has 0 aliphatic heterocycles. The first kappa shape index (κ1) is 10.7. The number of aldehydes is 1. The van der Waals surface area contributed by atoms with E-state index in [9.17, 15) is 4.79 Å². The fourth-order valence-electron chi connectivity index (χ4n) is 1.51. The minimum absolute atomic E-state index is 0.338. The van der Waals surface area contributed by atoms with Crippen LogP contribution in [0.1, 0.15) is 31.2 Å². The van der Waals surface area contributed by atoms with Crippen molar-refractivity contribution in [1.82, 2.24) is 0 Å². The van der Waals surface area contributed by atoms with Crippen LogP contribution in [0.15, 0.2) is 42.5 Å². The van der Waals surface area contributed by atoms with E-state index in [-0.39, 0.29) is 0 Å². The molecule has 0 spiro atoms. The predicted octanol–water partition coefficient (Wildman–Crippen LogP) is 3.33. The van der Waals surface area contributed by atoms with Gasteiger partial charge in [0, 0.05) is 6.42 Å². The highest BCUT2D eigenvalue weighted by Gasteiger charge is 2.07. The smallest absolute Gasteiger partial charge is 0.120 e. The topological polar surface area (TPSA) is 17.1 Å². The third kappa shape index (κ3) is 3.17. The van der Waals surface area contributed by atoms with Crippen molar-refractivity contribution in [2.75, 3.05) is 0 Å². The molecule has 0 radical (unpaired) electrons. The molecule has 1 heteroatoms. The van der Waals surface area contributed by atoms with E-state index in [4.69, 9.17) is 0 Å². The summed E-state index contributed by atoms with van der Waals surface area (Å²) in [6.07, 6.45) is 6.69. The standard InChI is InChI=1S/C13H16O/c1-2-3-7-13(10-11-14)12-8-5-4-6-9-12/h2-6,8-9,11,13H,7,10H2,1H3/b3-2+/t13-/m1/s1. The summed E-state index contributed by atoms with van der Waals surface area (Å²) in [7, 11) is 0. The molecule has 0 saturated carbocycles. The van der Waals surface area contributed by atoms with Gasteiger partial charge in [-0.3, -0.25) is 0 Å². The summed E-state index contributed by atoms with van der Waals surface area (Å²) in [6, 6.07) is 10.2. The van der Waals surface area contributed by atoms with Gasteiger partial charge in [0.1, 0.15) is 6.29 Å². The highest BCUT2D eigenvalue weighted by Crippen LogP contribution is 2.22. The van der Waals surface area contributed by atoms with Crippen molar-refractivity contribution in [3.8, 4) is 0 Å². The van der Waals surface area contributed by atoms with E-state index in [2.05, 4.69) is 18.2 Å². The molecule has 1 aromatic carbocycles. The first-order valence-corrected chi connectivity index (χ1v) is 4.98. The van der Waals surface area contributed by atoms with Gasteiger partial charge in [0.05, 0.1) is 0 Å². The molecule has 0 bridgehead atoms. The molecule has 0 heterocycles. The Bertz CT molecular complexity index is 287. The van der Waals surface area contributed by atoms with Crippen LogP contribution >= 0.6 is 0 Å². The summed E-state index contributed by atoms with van der Waals surface area (Å²) in [4.78, 5) is 10.5. The zero-order valence-electron chi connectivity index (χ0n) is 8.52. The van der Waals surface area contributed by atoms with Crippen LogP contribution in [0.5, 0.6) is 0 Å². The van der Waals surface area contributed by atoms with Gasteiger partial charge in [0.2, 0.25) is 0 Å². The Morgan fingerprint density at radius 3 is 2.50 bits per heavy atom. The second kappa shape index (κ2) is 6.14. The largest absolute Gasteiger partial charge is 0.303 e. The van der Waals surface area contributed by atoms with Gasteiger partial charge < -0.3 is 4.79 Å². The third-order valence-electron chi connectivity index (χ3n) is 2.31. The van der Waals surface area contributed by atoms with Crippen molar-refractivity contribution >= 4 is 6.29 Å². The van der Waals surface area contributed by atoms with Crippen molar-refractivity contribution in [2.24, 2.45) is 0 Å². The molecule has 74 valence electrons. The van der Waals surface area contributed by atoms with Gasteiger partial charge >= 0.3 is 0 Å². The fourth-order valence-corrected chi connectivity index (χ4v) is 1.51. The molecule has 0 N–H and O–H groups in total. The second-order valence-electron chi connectivity index (χ2n) is 3.31. The Balaban J connectivity index is 2.71. The van der Waals surface area contributed by atoms with Crippen molar-refractivity contribution in [1.29, 1.82) is 0 Å². The summed E-state index contributed by atoms with van der Waals surface area (Å²) in [5.74, 6) is 0.338. The van der Waals surface area contributed by atoms with Gasteiger partial charge in [-0.05, 0) is 24.8 Å². The highest BCUT2D eigenvalue weighted by atomic mass is 16.1. The number of carbonyl (C=O) groups is 1. The first-order chi connectivity index (χ1) is 6.88. The second-order valence-corrected chi connectivity index (χ2v) is 3.31. The normalized spacial score (nSPS) is 12.9. The fraction of sp³-hybridized carbons (Fsp3) is 0.308. The molecular formula is C13H16O. The van der Waals surface area contributed by atoms with Crippen molar-refractivity contribution in [2.45, 2.75) is 25.7 Å². The summed E-state index contributed by atoms with van der Waals surface area (Å²) >= 11 is 0. The Kier molecular flexibility index (Phi) is 4.70. The Labute approximate surface area is 85.5 Å². The summed E-state index contributed by atoms with van der Waals surface area (Å²) in [5, 5.41) is 0. The number of hydrogen-bond donors (Lipinski definition) is 0. The van der Waals surface area contributed by atoms with Crippen LogP contribution in [0.2, 0.25) is 0 Å². The lowest BCUT2D eigenvalue weighted by Crippen LogP contribution is -1.98. The van der Waals surface area contributed by atoms with Gasteiger partial charge in [0.25, 0.3) is 0 Å². The Hall–Kier alpha value is -1.37. The molecule has 0 saturated heterocycles. The molecule has 1 aromatic rings. The van der Waals surface area contributed by atoms with Crippen LogP contribution < -0.4 is 0 Å². The van der Waals surface area contributed by atoms with E-state index in [1.807, 2.05) is 31.2 Å². The number of allylic oxidation sites excluding steroid dienone is 2. The average Bonchev–Trinajstić information content (AvgIpc) is 2.25. The quantitative estimate of drug-likeness (QED) is 0.511. The van der Waals surface area contributed by atoms with E-state index in [1.165, 1.54) is 5.56 Å². The van der Waals surface area contributed by atoms with Gasteiger partial charge in [0.15, 0.2) is 0 Å². The van der Waals surface area contributed by atoms with Gasteiger partial charge in [-0.15, -0.1) is 0 Å². The monoisotopic (exact) mass is 188 g/mol. The zero-order valence-corrected chi connectivity index (χ0v) is 8.52. The third-order valence-corrected chi connectivity index (χ3v) is 2.31. The maximum atomic E-state index is 10.5. The number of benzene rings is 1. The molecule has 1 rings (SSSR count).